The molecule has 0 aromatic carbocycles. The van der Waals surface area contributed by atoms with Crippen molar-refractivity contribution in [1.82, 2.24) is 25.2 Å². The van der Waals surface area contributed by atoms with Gasteiger partial charge in [-0.25, -0.2) is 0 Å². The van der Waals surface area contributed by atoms with E-state index in [0.717, 1.165) is 0 Å². The van der Waals surface area contributed by atoms with E-state index in [-0.39, 0.29) is 11.6 Å². The Balaban J connectivity index is 1.82. The van der Waals surface area contributed by atoms with Gasteiger partial charge in [-0.05, 0) is 12.8 Å². The summed E-state index contributed by atoms with van der Waals surface area (Å²) in [5.74, 6) is -1.42. The molecule has 0 saturated carbocycles. The van der Waals surface area contributed by atoms with Crippen molar-refractivity contribution in [2.45, 2.75) is 19.0 Å². The van der Waals surface area contributed by atoms with Crippen molar-refractivity contribution < 1.29 is 22.8 Å². The van der Waals surface area contributed by atoms with Gasteiger partial charge in [0.15, 0.2) is 5.69 Å². The molecule has 0 atom stereocenters. The van der Waals surface area contributed by atoms with Gasteiger partial charge in [-0.15, -0.1) is 5.10 Å². The van der Waals surface area contributed by atoms with Crippen molar-refractivity contribution >= 4 is 11.8 Å². The van der Waals surface area contributed by atoms with Crippen molar-refractivity contribution in [2.75, 3.05) is 19.6 Å². The van der Waals surface area contributed by atoms with Gasteiger partial charge in [0.25, 0.3) is 5.91 Å². The predicted octanol–water partition coefficient (Wildman–Crippen LogP) is 0.346. The number of aryl methyl sites for hydroxylation is 1. The molecule has 0 aliphatic carbocycles. The number of likely N-dealkylation sites (tertiary alicyclic amines) is 1. The van der Waals surface area contributed by atoms with E-state index >= 15 is 0 Å². The molecule has 2 rings (SSSR count). The van der Waals surface area contributed by atoms with Crippen molar-refractivity contribution in [3.8, 4) is 0 Å². The van der Waals surface area contributed by atoms with E-state index in [1.54, 1.807) is 7.05 Å². The lowest BCUT2D eigenvalue weighted by molar-refractivity contribution is -0.141. The maximum absolute atomic E-state index is 12.1. The van der Waals surface area contributed by atoms with Crippen LogP contribution in [0.25, 0.3) is 0 Å². The second-order valence-electron chi connectivity index (χ2n) is 5.18. The number of aromatic nitrogens is 3. The minimum Gasteiger partial charge on any atom is -0.347 e. The van der Waals surface area contributed by atoms with Crippen LogP contribution in [0, 0.1) is 5.92 Å². The Morgan fingerprint density at radius 3 is 2.50 bits per heavy atom. The van der Waals surface area contributed by atoms with Gasteiger partial charge in [-0.1, -0.05) is 5.21 Å². The molecule has 7 nitrogen and oxygen atoms in total. The predicted molar refractivity (Wildman–Crippen MR) is 68.7 cm³/mol. The molecule has 1 saturated heterocycles. The second kappa shape index (κ2) is 6.32. The Kier molecular flexibility index (Phi) is 4.67. The fraction of sp³-hybridized carbons (Fsp3) is 0.667. The minimum atomic E-state index is -4.42. The third-order valence-electron chi connectivity index (χ3n) is 3.44. The number of hydrogen-bond acceptors (Lipinski definition) is 4. The Morgan fingerprint density at radius 2 is 2.00 bits per heavy atom. The molecule has 0 radical (unpaired) electrons. The molecule has 2 amide bonds. The van der Waals surface area contributed by atoms with Crippen LogP contribution in [0.5, 0.6) is 0 Å². The highest BCUT2D eigenvalue weighted by atomic mass is 19.4. The molecule has 122 valence electrons. The molecule has 1 aliphatic rings. The van der Waals surface area contributed by atoms with E-state index in [2.05, 4.69) is 10.3 Å². The highest BCUT2D eigenvalue weighted by Gasteiger charge is 2.32. The summed E-state index contributed by atoms with van der Waals surface area (Å²) in [6.45, 7) is -0.719. The number of alkyl halides is 3. The summed E-state index contributed by atoms with van der Waals surface area (Å²) in [4.78, 5) is 25.3. The van der Waals surface area contributed by atoms with Crippen LogP contribution in [0.3, 0.4) is 0 Å². The fourth-order valence-corrected chi connectivity index (χ4v) is 2.28. The number of amides is 2. The number of carbonyl (C=O) groups is 2. The third kappa shape index (κ3) is 4.18. The zero-order chi connectivity index (χ0) is 16.3. The van der Waals surface area contributed by atoms with Gasteiger partial charge >= 0.3 is 6.18 Å². The van der Waals surface area contributed by atoms with Gasteiger partial charge in [0.2, 0.25) is 5.91 Å². The molecule has 0 unspecified atom stereocenters. The van der Waals surface area contributed by atoms with Crippen LogP contribution >= 0.6 is 0 Å². The van der Waals surface area contributed by atoms with Crippen LogP contribution in [0.15, 0.2) is 6.20 Å². The van der Waals surface area contributed by atoms with E-state index in [4.69, 9.17) is 0 Å². The quantitative estimate of drug-likeness (QED) is 0.871. The maximum atomic E-state index is 12.1. The third-order valence-corrected chi connectivity index (χ3v) is 3.44. The van der Waals surface area contributed by atoms with Gasteiger partial charge in [-0.2, -0.15) is 13.2 Å². The molecule has 10 heteroatoms. The highest BCUT2D eigenvalue weighted by molar-refractivity contribution is 5.92. The van der Waals surface area contributed by atoms with Crippen molar-refractivity contribution in [2.24, 2.45) is 13.0 Å². The Bertz CT molecular complexity index is 549. The number of rotatable bonds is 3. The summed E-state index contributed by atoms with van der Waals surface area (Å²) in [7, 11) is 1.64. The van der Waals surface area contributed by atoms with Crippen LogP contribution in [0.1, 0.15) is 23.3 Å². The van der Waals surface area contributed by atoms with Crippen LogP contribution in [-0.4, -0.2) is 57.5 Å². The number of nitrogens with one attached hydrogen (secondary N) is 1. The van der Waals surface area contributed by atoms with E-state index < -0.39 is 24.5 Å². The first-order valence-electron chi connectivity index (χ1n) is 6.76. The van der Waals surface area contributed by atoms with Crippen LogP contribution < -0.4 is 5.32 Å². The van der Waals surface area contributed by atoms with Crippen molar-refractivity contribution in [3.05, 3.63) is 11.9 Å². The molecule has 1 fully saturated rings. The molecule has 22 heavy (non-hydrogen) atoms. The van der Waals surface area contributed by atoms with E-state index in [9.17, 15) is 22.8 Å². The van der Waals surface area contributed by atoms with E-state index in [1.165, 1.54) is 15.8 Å². The summed E-state index contributed by atoms with van der Waals surface area (Å²) < 4.78 is 37.6. The number of piperidine rings is 1. The summed E-state index contributed by atoms with van der Waals surface area (Å²) in [6.07, 6.45) is -2.27. The number of hydrogen-bond donors (Lipinski definition) is 1. The van der Waals surface area contributed by atoms with Gasteiger partial charge in [0.05, 0.1) is 6.20 Å². The zero-order valence-electron chi connectivity index (χ0n) is 11.9. The summed E-state index contributed by atoms with van der Waals surface area (Å²) in [6, 6.07) is 0. The minimum absolute atomic E-state index is 0.211. The lowest BCUT2D eigenvalue weighted by atomic mass is 9.95. The maximum Gasteiger partial charge on any atom is 0.405 e. The van der Waals surface area contributed by atoms with Crippen molar-refractivity contribution in [3.63, 3.8) is 0 Å². The van der Waals surface area contributed by atoms with Crippen LogP contribution in [0.4, 0.5) is 13.2 Å². The topological polar surface area (TPSA) is 80.1 Å². The van der Waals surface area contributed by atoms with Gasteiger partial charge in [0.1, 0.15) is 6.54 Å². The second-order valence-corrected chi connectivity index (χ2v) is 5.18. The smallest absolute Gasteiger partial charge is 0.347 e. The van der Waals surface area contributed by atoms with Gasteiger partial charge in [0, 0.05) is 26.1 Å². The molecule has 1 aromatic heterocycles. The molecular weight excluding hydrogens is 303 g/mol. The molecule has 2 heterocycles. The lowest BCUT2D eigenvalue weighted by Crippen LogP contribution is -2.44. The Labute approximate surface area is 124 Å². The number of halogens is 3. The Hall–Kier alpha value is -2.13. The first kappa shape index (κ1) is 16.2. The molecule has 0 bridgehead atoms. The fourth-order valence-electron chi connectivity index (χ4n) is 2.28. The lowest BCUT2D eigenvalue weighted by Gasteiger charge is -2.30. The first-order chi connectivity index (χ1) is 10.3. The van der Waals surface area contributed by atoms with Crippen molar-refractivity contribution in [1.29, 1.82) is 0 Å². The monoisotopic (exact) mass is 319 g/mol. The average Bonchev–Trinajstić information content (AvgIpc) is 2.90. The molecule has 1 aromatic rings. The molecule has 0 spiro atoms. The standard InChI is InChI=1S/C12H16F3N5O2/c1-19-6-9(17-18-19)11(22)20-4-2-8(3-5-20)10(21)16-7-12(13,14)15/h6,8H,2-5,7H2,1H3,(H,16,21). The van der Waals surface area contributed by atoms with Gasteiger partial charge in [-0.3, -0.25) is 14.3 Å². The Morgan fingerprint density at radius 1 is 1.36 bits per heavy atom. The van der Waals surface area contributed by atoms with Crippen LogP contribution in [-0.2, 0) is 11.8 Å². The summed E-state index contributed by atoms with van der Waals surface area (Å²) in [5, 5.41) is 9.27. The molecule has 1 aliphatic heterocycles. The average molecular weight is 319 g/mol. The van der Waals surface area contributed by atoms with Gasteiger partial charge < -0.3 is 10.2 Å². The number of nitrogens with zero attached hydrogens (tertiary/aromatic N) is 4. The van der Waals surface area contributed by atoms with Crippen LogP contribution in [0.2, 0.25) is 0 Å². The summed E-state index contributed by atoms with van der Waals surface area (Å²) >= 11 is 0. The first-order valence-corrected chi connectivity index (χ1v) is 6.76. The van der Waals surface area contributed by atoms with E-state index in [1.807, 2.05) is 5.32 Å². The molecule has 1 N–H and O–H groups in total. The number of carbonyl (C=O) groups excluding carboxylic acids is 2. The normalized spacial score (nSPS) is 16.6. The van der Waals surface area contributed by atoms with E-state index in [0.29, 0.717) is 25.9 Å². The highest BCUT2D eigenvalue weighted by Crippen LogP contribution is 2.19. The SMILES string of the molecule is Cn1cc(C(=O)N2CCC(C(=O)NCC(F)(F)F)CC2)nn1. The largest absolute Gasteiger partial charge is 0.405 e. The molecular formula is C12H16F3N5O2. The zero-order valence-corrected chi connectivity index (χ0v) is 11.9. The summed E-state index contributed by atoms with van der Waals surface area (Å²) in [5.41, 5.74) is 0.211.